The van der Waals surface area contributed by atoms with Crippen molar-refractivity contribution in [3.63, 3.8) is 0 Å². The third kappa shape index (κ3) is 4.90. The third-order valence-electron chi connectivity index (χ3n) is 10.4. The number of nitrogens with zero attached hydrogens (tertiary/aromatic N) is 4. The summed E-state index contributed by atoms with van der Waals surface area (Å²) in [6.07, 6.45) is 0. The normalized spacial score (nSPS) is 11.7. The van der Waals surface area contributed by atoms with E-state index in [4.69, 9.17) is 19.4 Å². The molecule has 0 bridgehead atoms. The molecule has 0 amide bonds. The van der Waals surface area contributed by atoms with Gasteiger partial charge in [0.15, 0.2) is 17.5 Å². The van der Waals surface area contributed by atoms with Crippen molar-refractivity contribution in [1.82, 2.24) is 19.5 Å². The third-order valence-corrected chi connectivity index (χ3v) is 10.4. The van der Waals surface area contributed by atoms with Crippen molar-refractivity contribution in [2.24, 2.45) is 0 Å². The lowest BCUT2D eigenvalue weighted by molar-refractivity contribution is 0.669. The zero-order chi connectivity index (χ0) is 35.6. The Hall–Kier alpha value is -7.37. The van der Waals surface area contributed by atoms with Crippen molar-refractivity contribution in [2.75, 3.05) is 0 Å². The highest BCUT2D eigenvalue weighted by molar-refractivity contribution is 6.12. The molecule has 0 fully saturated rings. The molecule has 0 atom stereocenters. The van der Waals surface area contributed by atoms with Crippen LogP contribution in [0.3, 0.4) is 0 Å². The van der Waals surface area contributed by atoms with Gasteiger partial charge in [-0.25, -0.2) is 15.0 Å². The van der Waals surface area contributed by atoms with Crippen molar-refractivity contribution >= 4 is 54.5 Å². The molecule has 3 aromatic heterocycles. The molecule has 3 heterocycles. The monoisotopic (exact) mass is 690 g/mol. The van der Waals surface area contributed by atoms with E-state index in [-0.39, 0.29) is 0 Å². The number of hydrogen-bond acceptors (Lipinski definition) is 4. The lowest BCUT2D eigenvalue weighted by atomic mass is 10.00. The van der Waals surface area contributed by atoms with Crippen LogP contribution in [0.5, 0.6) is 0 Å². The molecule has 0 aliphatic heterocycles. The Morgan fingerprint density at radius 2 is 1.00 bits per heavy atom. The van der Waals surface area contributed by atoms with Crippen LogP contribution in [-0.2, 0) is 0 Å². The van der Waals surface area contributed by atoms with E-state index in [0.717, 1.165) is 60.8 Å². The lowest BCUT2D eigenvalue weighted by Crippen LogP contribution is -2.00. The molecule has 252 valence electrons. The van der Waals surface area contributed by atoms with Gasteiger partial charge in [-0.15, -0.1) is 0 Å². The molecule has 54 heavy (non-hydrogen) atoms. The molecule has 0 saturated heterocycles. The van der Waals surface area contributed by atoms with E-state index < -0.39 is 0 Å². The Labute approximate surface area is 310 Å². The minimum Gasteiger partial charge on any atom is -0.455 e. The highest BCUT2D eigenvalue weighted by Crippen LogP contribution is 2.39. The first kappa shape index (κ1) is 30.3. The van der Waals surface area contributed by atoms with E-state index in [1.807, 2.05) is 36.4 Å². The van der Waals surface area contributed by atoms with Crippen LogP contribution in [0.25, 0.3) is 105 Å². The summed E-state index contributed by atoms with van der Waals surface area (Å²) in [5, 5.41) is 6.81. The second-order valence-electron chi connectivity index (χ2n) is 13.6. The second kappa shape index (κ2) is 12.1. The summed E-state index contributed by atoms with van der Waals surface area (Å²) < 4.78 is 9.00. The number of rotatable bonds is 5. The molecule has 0 N–H and O–H groups in total. The molecule has 0 aliphatic carbocycles. The average molecular weight is 691 g/mol. The Morgan fingerprint density at radius 1 is 0.370 bits per heavy atom. The van der Waals surface area contributed by atoms with Gasteiger partial charge in [0.25, 0.3) is 0 Å². The van der Waals surface area contributed by atoms with Crippen LogP contribution in [-0.4, -0.2) is 19.5 Å². The first-order valence-electron chi connectivity index (χ1n) is 18.1. The van der Waals surface area contributed by atoms with Crippen molar-refractivity contribution in [3.8, 4) is 51.0 Å². The summed E-state index contributed by atoms with van der Waals surface area (Å²) in [6, 6.07) is 63.4. The Bertz CT molecular complexity index is 3220. The average Bonchev–Trinajstić information content (AvgIpc) is 3.79. The highest BCUT2D eigenvalue weighted by Gasteiger charge is 2.19. The number of aromatic nitrogens is 4. The summed E-state index contributed by atoms with van der Waals surface area (Å²) >= 11 is 0. The Kier molecular flexibility index (Phi) is 6.79. The fourth-order valence-corrected chi connectivity index (χ4v) is 7.83. The zero-order valence-electron chi connectivity index (χ0n) is 29.0. The fourth-order valence-electron chi connectivity index (χ4n) is 7.83. The van der Waals surface area contributed by atoms with Crippen LogP contribution in [0.2, 0.25) is 0 Å². The second-order valence-corrected chi connectivity index (χ2v) is 13.6. The van der Waals surface area contributed by atoms with Crippen molar-refractivity contribution in [1.29, 1.82) is 0 Å². The lowest BCUT2D eigenvalue weighted by Gasteiger charge is -2.09. The van der Waals surface area contributed by atoms with Crippen molar-refractivity contribution in [2.45, 2.75) is 0 Å². The van der Waals surface area contributed by atoms with Gasteiger partial charge in [0, 0.05) is 38.4 Å². The van der Waals surface area contributed by atoms with E-state index in [9.17, 15) is 0 Å². The molecule has 8 aromatic carbocycles. The van der Waals surface area contributed by atoms with Crippen LogP contribution in [0.4, 0.5) is 0 Å². The number of benzene rings is 8. The number of furan rings is 1. The molecular formula is C49H30N4O. The predicted octanol–water partition coefficient (Wildman–Crippen LogP) is 12.7. The summed E-state index contributed by atoms with van der Waals surface area (Å²) in [4.78, 5) is 15.1. The topological polar surface area (TPSA) is 56.7 Å². The number of fused-ring (bicyclic) bond motifs is 7. The summed E-state index contributed by atoms with van der Waals surface area (Å²) in [7, 11) is 0. The summed E-state index contributed by atoms with van der Waals surface area (Å²) in [5.74, 6) is 1.80. The maximum atomic E-state index is 6.65. The minimum atomic E-state index is 0.567. The van der Waals surface area contributed by atoms with Gasteiger partial charge in [-0.3, -0.25) is 0 Å². The maximum Gasteiger partial charge on any atom is 0.167 e. The summed E-state index contributed by atoms with van der Waals surface area (Å²) in [5.41, 5.74) is 10.0. The van der Waals surface area contributed by atoms with Gasteiger partial charge >= 0.3 is 0 Å². The maximum absolute atomic E-state index is 6.65. The highest BCUT2D eigenvalue weighted by atomic mass is 16.3. The first-order chi connectivity index (χ1) is 26.7. The van der Waals surface area contributed by atoms with Gasteiger partial charge < -0.3 is 8.98 Å². The molecule has 0 aliphatic rings. The van der Waals surface area contributed by atoms with Gasteiger partial charge in [0.05, 0.1) is 16.6 Å². The molecule has 11 rings (SSSR count). The van der Waals surface area contributed by atoms with Crippen LogP contribution < -0.4 is 0 Å². The number of para-hydroxylation sites is 3. The SMILES string of the molecule is c1ccc(-c2nc(-c3ccc4ccccc4c3)nc(-c3cccc4c3oc3ccc(-c5ccc6c(c5)c5ccccc5n6-c5ccccc5)cc34)n2)cc1. The Balaban J connectivity index is 1.06. The predicted molar refractivity (Wildman–Crippen MR) is 221 cm³/mol. The molecule has 5 nitrogen and oxygen atoms in total. The molecule has 0 saturated carbocycles. The first-order valence-corrected chi connectivity index (χ1v) is 18.1. The Morgan fingerprint density at radius 3 is 1.85 bits per heavy atom. The van der Waals surface area contributed by atoms with E-state index in [2.05, 4.69) is 150 Å². The van der Waals surface area contributed by atoms with E-state index in [1.54, 1.807) is 0 Å². The smallest absolute Gasteiger partial charge is 0.167 e. The van der Waals surface area contributed by atoms with Crippen LogP contribution in [0.1, 0.15) is 0 Å². The zero-order valence-corrected chi connectivity index (χ0v) is 29.0. The van der Waals surface area contributed by atoms with Crippen molar-refractivity contribution < 1.29 is 4.42 Å². The largest absolute Gasteiger partial charge is 0.455 e. The fraction of sp³-hybridized carbons (Fsp3) is 0. The van der Waals surface area contributed by atoms with Crippen LogP contribution >= 0.6 is 0 Å². The van der Waals surface area contributed by atoms with Crippen molar-refractivity contribution in [3.05, 3.63) is 182 Å². The van der Waals surface area contributed by atoms with Gasteiger partial charge in [0.1, 0.15) is 11.2 Å². The molecule has 5 heteroatoms. The molecule has 0 spiro atoms. The number of hydrogen-bond donors (Lipinski definition) is 0. The van der Waals surface area contributed by atoms with Gasteiger partial charge in [-0.2, -0.15) is 0 Å². The minimum absolute atomic E-state index is 0.567. The van der Waals surface area contributed by atoms with E-state index >= 15 is 0 Å². The molecule has 11 aromatic rings. The molecule has 0 unspecified atom stereocenters. The molecule has 0 radical (unpaired) electrons. The van der Waals surface area contributed by atoms with E-state index in [1.165, 1.54) is 27.2 Å². The van der Waals surface area contributed by atoms with E-state index in [0.29, 0.717) is 17.5 Å². The quantitative estimate of drug-likeness (QED) is 0.180. The van der Waals surface area contributed by atoms with Gasteiger partial charge in [-0.05, 0) is 76.5 Å². The summed E-state index contributed by atoms with van der Waals surface area (Å²) in [6.45, 7) is 0. The van der Waals surface area contributed by atoms with Crippen LogP contribution in [0, 0.1) is 0 Å². The van der Waals surface area contributed by atoms with Gasteiger partial charge in [-0.1, -0.05) is 127 Å². The standard InChI is InChI=1S/C49H30N4O/c1-3-13-32(14-4-1)47-50-48(36-23-22-31-12-7-8-15-33(31)28-36)52-49(51-47)40-20-11-19-39-42-30-35(25-27-45(42)54-46(39)40)34-24-26-44-41(29-34)38-18-9-10-21-43(38)53(44)37-16-5-2-6-17-37/h1-30H. The van der Waals surface area contributed by atoms with Crippen LogP contribution in [0.15, 0.2) is 186 Å². The molecular weight excluding hydrogens is 661 g/mol. The van der Waals surface area contributed by atoms with Gasteiger partial charge in [0.2, 0.25) is 0 Å².